The van der Waals surface area contributed by atoms with E-state index in [1.807, 2.05) is 18.4 Å². The van der Waals surface area contributed by atoms with Crippen molar-refractivity contribution in [2.75, 3.05) is 18.6 Å². The Labute approximate surface area is 107 Å². The molecule has 17 heavy (non-hydrogen) atoms. The lowest BCUT2D eigenvalue weighted by molar-refractivity contribution is -0.120. The summed E-state index contributed by atoms with van der Waals surface area (Å²) < 4.78 is 0. The summed E-state index contributed by atoms with van der Waals surface area (Å²) in [6.45, 7) is 1.28. The summed E-state index contributed by atoms with van der Waals surface area (Å²) >= 11 is 1.69. The molecule has 0 saturated heterocycles. The normalized spacial score (nSPS) is 10.2. The SMILES string of the molecule is CSCCC(=O)NCc1ccc(CCN)cc1. The Balaban J connectivity index is 2.34. The van der Waals surface area contributed by atoms with Crippen molar-refractivity contribution in [1.82, 2.24) is 5.32 Å². The van der Waals surface area contributed by atoms with Crippen LogP contribution in [0, 0.1) is 0 Å². The van der Waals surface area contributed by atoms with Crippen LogP contribution in [0.1, 0.15) is 17.5 Å². The second-order valence-electron chi connectivity index (χ2n) is 3.87. The molecule has 0 fully saturated rings. The van der Waals surface area contributed by atoms with E-state index in [0.29, 0.717) is 19.5 Å². The molecule has 1 rings (SSSR count). The number of rotatable bonds is 7. The minimum atomic E-state index is 0.116. The van der Waals surface area contributed by atoms with Crippen LogP contribution in [0.15, 0.2) is 24.3 Å². The van der Waals surface area contributed by atoms with Gasteiger partial charge in [0.25, 0.3) is 0 Å². The lowest BCUT2D eigenvalue weighted by Gasteiger charge is -2.06. The average molecular weight is 252 g/mol. The van der Waals surface area contributed by atoms with E-state index in [9.17, 15) is 4.79 Å². The second kappa shape index (κ2) is 8.14. The Bertz CT molecular complexity index is 338. The number of nitrogens with two attached hydrogens (primary N) is 1. The number of nitrogens with one attached hydrogen (secondary N) is 1. The highest BCUT2D eigenvalue weighted by molar-refractivity contribution is 7.98. The van der Waals surface area contributed by atoms with E-state index in [2.05, 4.69) is 17.4 Å². The van der Waals surface area contributed by atoms with Crippen LogP contribution < -0.4 is 11.1 Å². The third kappa shape index (κ3) is 5.75. The fourth-order valence-corrected chi connectivity index (χ4v) is 1.86. The molecule has 0 aromatic heterocycles. The molecule has 1 aromatic rings. The number of hydrogen-bond acceptors (Lipinski definition) is 3. The molecule has 0 heterocycles. The monoisotopic (exact) mass is 252 g/mol. The Morgan fingerprint density at radius 3 is 2.53 bits per heavy atom. The van der Waals surface area contributed by atoms with Gasteiger partial charge in [0.15, 0.2) is 0 Å². The molecule has 0 aliphatic carbocycles. The van der Waals surface area contributed by atoms with E-state index in [-0.39, 0.29) is 5.91 Å². The highest BCUT2D eigenvalue weighted by atomic mass is 32.2. The molecule has 0 spiro atoms. The maximum Gasteiger partial charge on any atom is 0.221 e. The third-order valence-corrected chi connectivity index (χ3v) is 3.09. The average Bonchev–Trinajstić information content (AvgIpc) is 2.36. The van der Waals surface area contributed by atoms with Crippen LogP contribution in [-0.4, -0.2) is 24.5 Å². The smallest absolute Gasteiger partial charge is 0.221 e. The second-order valence-corrected chi connectivity index (χ2v) is 4.86. The van der Waals surface area contributed by atoms with Crippen molar-refractivity contribution in [3.8, 4) is 0 Å². The first kappa shape index (κ1) is 14.1. The van der Waals surface area contributed by atoms with E-state index in [1.165, 1.54) is 5.56 Å². The fraction of sp³-hybridized carbons (Fsp3) is 0.462. The fourth-order valence-electron chi connectivity index (χ4n) is 1.47. The van der Waals surface area contributed by atoms with Crippen molar-refractivity contribution in [3.63, 3.8) is 0 Å². The maximum atomic E-state index is 11.4. The number of thioether (sulfide) groups is 1. The van der Waals surface area contributed by atoms with Gasteiger partial charge in [-0.1, -0.05) is 24.3 Å². The summed E-state index contributed by atoms with van der Waals surface area (Å²) in [5.74, 6) is 0.992. The van der Waals surface area contributed by atoms with Gasteiger partial charge in [0.1, 0.15) is 0 Å². The molecule has 0 radical (unpaired) electrons. The molecule has 0 atom stereocenters. The molecule has 1 amide bonds. The maximum absolute atomic E-state index is 11.4. The molecule has 4 heteroatoms. The first-order chi connectivity index (χ1) is 8.26. The predicted molar refractivity (Wildman–Crippen MR) is 74.0 cm³/mol. The van der Waals surface area contributed by atoms with Crippen LogP contribution in [-0.2, 0) is 17.8 Å². The van der Waals surface area contributed by atoms with E-state index in [0.717, 1.165) is 17.7 Å². The van der Waals surface area contributed by atoms with Crippen molar-refractivity contribution in [2.24, 2.45) is 5.73 Å². The molecular weight excluding hydrogens is 232 g/mol. The van der Waals surface area contributed by atoms with Crippen LogP contribution in [0.25, 0.3) is 0 Å². The Morgan fingerprint density at radius 1 is 1.29 bits per heavy atom. The van der Waals surface area contributed by atoms with E-state index in [4.69, 9.17) is 5.73 Å². The highest BCUT2D eigenvalue weighted by Crippen LogP contribution is 2.05. The lowest BCUT2D eigenvalue weighted by Crippen LogP contribution is -2.22. The van der Waals surface area contributed by atoms with Crippen LogP contribution in [0.4, 0.5) is 0 Å². The summed E-state index contributed by atoms with van der Waals surface area (Å²) in [5, 5.41) is 2.91. The van der Waals surface area contributed by atoms with E-state index < -0.39 is 0 Å². The van der Waals surface area contributed by atoms with Gasteiger partial charge in [0, 0.05) is 18.7 Å². The first-order valence-corrected chi connectivity index (χ1v) is 7.19. The Kier molecular flexibility index (Phi) is 6.74. The quantitative estimate of drug-likeness (QED) is 0.774. The minimum absolute atomic E-state index is 0.116. The Morgan fingerprint density at radius 2 is 1.94 bits per heavy atom. The molecule has 3 N–H and O–H groups in total. The number of carbonyl (C=O) groups excluding carboxylic acids is 1. The van der Waals surface area contributed by atoms with Gasteiger partial charge in [-0.25, -0.2) is 0 Å². The molecule has 0 aliphatic rings. The molecule has 0 bridgehead atoms. The van der Waals surface area contributed by atoms with Crippen LogP contribution >= 0.6 is 11.8 Å². The van der Waals surface area contributed by atoms with Crippen molar-refractivity contribution in [2.45, 2.75) is 19.4 Å². The predicted octanol–water partition coefficient (Wildman–Crippen LogP) is 1.56. The van der Waals surface area contributed by atoms with Crippen molar-refractivity contribution >= 4 is 17.7 Å². The molecule has 0 aliphatic heterocycles. The highest BCUT2D eigenvalue weighted by Gasteiger charge is 2.00. The summed E-state index contributed by atoms with van der Waals surface area (Å²) in [6, 6.07) is 8.21. The standard InChI is InChI=1S/C13H20N2OS/c1-17-9-7-13(16)15-10-12-4-2-11(3-5-12)6-8-14/h2-5H,6-10,14H2,1H3,(H,15,16). The van der Waals surface area contributed by atoms with E-state index >= 15 is 0 Å². The van der Waals surface area contributed by atoms with Gasteiger partial charge in [-0.15, -0.1) is 0 Å². The van der Waals surface area contributed by atoms with Crippen molar-refractivity contribution in [3.05, 3.63) is 35.4 Å². The van der Waals surface area contributed by atoms with Crippen LogP contribution in [0.5, 0.6) is 0 Å². The van der Waals surface area contributed by atoms with Gasteiger partial charge in [-0.2, -0.15) is 11.8 Å². The lowest BCUT2D eigenvalue weighted by atomic mass is 10.1. The van der Waals surface area contributed by atoms with Crippen LogP contribution in [0.3, 0.4) is 0 Å². The summed E-state index contributed by atoms with van der Waals surface area (Å²) in [5.41, 5.74) is 7.85. The zero-order valence-corrected chi connectivity index (χ0v) is 11.1. The third-order valence-electron chi connectivity index (χ3n) is 2.48. The number of carbonyl (C=O) groups is 1. The largest absolute Gasteiger partial charge is 0.352 e. The summed E-state index contributed by atoms with van der Waals surface area (Å²) in [6.07, 6.45) is 3.50. The van der Waals surface area contributed by atoms with Gasteiger partial charge >= 0.3 is 0 Å². The van der Waals surface area contributed by atoms with E-state index in [1.54, 1.807) is 11.8 Å². The molecule has 94 valence electrons. The molecular formula is C13H20N2OS. The number of amides is 1. The van der Waals surface area contributed by atoms with Gasteiger partial charge in [0.05, 0.1) is 0 Å². The molecule has 1 aromatic carbocycles. The molecule has 3 nitrogen and oxygen atoms in total. The Hall–Kier alpha value is -1.00. The zero-order valence-electron chi connectivity index (χ0n) is 10.2. The van der Waals surface area contributed by atoms with Gasteiger partial charge in [0.2, 0.25) is 5.91 Å². The molecule has 0 unspecified atom stereocenters. The number of hydrogen-bond donors (Lipinski definition) is 2. The summed E-state index contributed by atoms with van der Waals surface area (Å²) in [7, 11) is 0. The van der Waals surface area contributed by atoms with Crippen molar-refractivity contribution in [1.29, 1.82) is 0 Å². The van der Waals surface area contributed by atoms with Gasteiger partial charge < -0.3 is 11.1 Å². The van der Waals surface area contributed by atoms with Crippen LogP contribution in [0.2, 0.25) is 0 Å². The first-order valence-electron chi connectivity index (χ1n) is 5.79. The summed E-state index contributed by atoms with van der Waals surface area (Å²) in [4.78, 5) is 11.4. The molecule has 0 saturated carbocycles. The van der Waals surface area contributed by atoms with Gasteiger partial charge in [-0.3, -0.25) is 4.79 Å². The number of benzene rings is 1. The van der Waals surface area contributed by atoms with Crippen molar-refractivity contribution < 1.29 is 4.79 Å². The van der Waals surface area contributed by atoms with Gasteiger partial charge in [-0.05, 0) is 30.3 Å². The zero-order chi connectivity index (χ0) is 12.5. The minimum Gasteiger partial charge on any atom is -0.352 e. The topological polar surface area (TPSA) is 55.1 Å².